The number of hydrogen-bond acceptors (Lipinski definition) is 4. The first-order valence-electron chi connectivity index (χ1n) is 9.24. The molecule has 0 aliphatic carbocycles. The standard InChI is InChI=1S/C21H25N3O4/c1-27-18-11-10-17(13-19(18)28-2)22-20(25)15-7-6-12-24(14-15)21(26)23-16-8-4-3-5-9-16/h3-5,8-11,13,15H,6-7,12,14H2,1-2H3,(H,22,25)(H,23,26)/t15-/m1/s1. The molecule has 1 aliphatic rings. The number of likely N-dealkylation sites (tertiary alicyclic amines) is 1. The van der Waals surface area contributed by atoms with Crippen LogP contribution < -0.4 is 20.1 Å². The third-order valence-electron chi connectivity index (χ3n) is 4.76. The Balaban J connectivity index is 1.60. The molecule has 3 amide bonds. The van der Waals surface area contributed by atoms with E-state index < -0.39 is 0 Å². The molecule has 2 aromatic rings. The fraction of sp³-hybridized carbons (Fsp3) is 0.333. The summed E-state index contributed by atoms with van der Waals surface area (Å²) in [5.41, 5.74) is 1.37. The van der Waals surface area contributed by atoms with Crippen LogP contribution in [0.4, 0.5) is 16.2 Å². The number of rotatable bonds is 5. The van der Waals surface area contributed by atoms with Crippen molar-refractivity contribution in [1.29, 1.82) is 0 Å². The van der Waals surface area contributed by atoms with Crippen LogP contribution in [0.1, 0.15) is 12.8 Å². The molecule has 1 saturated heterocycles. The van der Waals surface area contributed by atoms with E-state index >= 15 is 0 Å². The van der Waals surface area contributed by atoms with Crippen LogP contribution in [0.5, 0.6) is 11.5 Å². The van der Waals surface area contributed by atoms with Crippen LogP contribution in [-0.2, 0) is 4.79 Å². The van der Waals surface area contributed by atoms with Crippen molar-refractivity contribution in [1.82, 2.24) is 4.90 Å². The lowest BCUT2D eigenvalue weighted by molar-refractivity contribution is -0.121. The minimum absolute atomic E-state index is 0.107. The number of methoxy groups -OCH3 is 2. The van der Waals surface area contributed by atoms with Crippen molar-refractivity contribution in [3.8, 4) is 11.5 Å². The molecular formula is C21H25N3O4. The van der Waals surface area contributed by atoms with Crippen molar-refractivity contribution in [2.45, 2.75) is 12.8 Å². The van der Waals surface area contributed by atoms with E-state index in [0.29, 0.717) is 30.3 Å². The average molecular weight is 383 g/mol. The molecule has 7 nitrogen and oxygen atoms in total. The maximum Gasteiger partial charge on any atom is 0.321 e. The Morgan fingerprint density at radius 1 is 0.964 bits per heavy atom. The molecule has 2 aromatic carbocycles. The summed E-state index contributed by atoms with van der Waals surface area (Å²) in [6.45, 7) is 1.02. The first-order valence-corrected chi connectivity index (χ1v) is 9.24. The van der Waals surface area contributed by atoms with Crippen molar-refractivity contribution in [3.05, 3.63) is 48.5 Å². The highest BCUT2D eigenvalue weighted by Crippen LogP contribution is 2.30. The van der Waals surface area contributed by atoms with Crippen molar-refractivity contribution < 1.29 is 19.1 Å². The fourth-order valence-corrected chi connectivity index (χ4v) is 3.26. The predicted octanol–water partition coefficient (Wildman–Crippen LogP) is 3.59. The van der Waals surface area contributed by atoms with Crippen molar-refractivity contribution in [3.63, 3.8) is 0 Å². The molecule has 1 heterocycles. The van der Waals surface area contributed by atoms with Gasteiger partial charge in [0.05, 0.1) is 20.1 Å². The van der Waals surface area contributed by atoms with E-state index in [2.05, 4.69) is 10.6 Å². The van der Waals surface area contributed by atoms with Crippen molar-refractivity contribution in [2.75, 3.05) is 37.9 Å². The van der Waals surface area contributed by atoms with Crippen LogP contribution in [-0.4, -0.2) is 44.1 Å². The van der Waals surface area contributed by atoms with E-state index in [0.717, 1.165) is 18.5 Å². The Morgan fingerprint density at radius 2 is 1.71 bits per heavy atom. The number of piperidine rings is 1. The zero-order valence-electron chi connectivity index (χ0n) is 16.1. The van der Waals surface area contributed by atoms with Crippen molar-refractivity contribution in [2.24, 2.45) is 5.92 Å². The van der Waals surface area contributed by atoms with Gasteiger partial charge in [-0.15, -0.1) is 0 Å². The van der Waals surface area contributed by atoms with Gasteiger partial charge in [-0.05, 0) is 37.1 Å². The van der Waals surface area contributed by atoms with E-state index in [-0.39, 0.29) is 17.9 Å². The number of anilines is 2. The smallest absolute Gasteiger partial charge is 0.321 e. The Hall–Kier alpha value is -3.22. The number of nitrogens with zero attached hydrogens (tertiary/aromatic N) is 1. The number of benzene rings is 2. The van der Waals surface area contributed by atoms with Crippen LogP contribution >= 0.6 is 0 Å². The Labute approximate surface area is 164 Å². The summed E-state index contributed by atoms with van der Waals surface area (Å²) in [4.78, 5) is 26.9. The molecule has 1 atom stereocenters. The summed E-state index contributed by atoms with van der Waals surface area (Å²) >= 11 is 0. The van der Waals surface area contributed by atoms with Crippen LogP contribution in [0, 0.1) is 5.92 Å². The molecule has 0 bridgehead atoms. The van der Waals surface area contributed by atoms with Gasteiger partial charge in [0.25, 0.3) is 0 Å². The van der Waals surface area contributed by atoms with Gasteiger partial charge in [-0.2, -0.15) is 0 Å². The summed E-state index contributed by atoms with van der Waals surface area (Å²) in [5, 5.41) is 5.79. The summed E-state index contributed by atoms with van der Waals surface area (Å²) in [7, 11) is 3.11. The minimum Gasteiger partial charge on any atom is -0.493 e. The molecule has 148 valence electrons. The first-order chi connectivity index (χ1) is 13.6. The lowest BCUT2D eigenvalue weighted by atomic mass is 9.97. The third kappa shape index (κ3) is 4.73. The number of amides is 3. The summed E-state index contributed by atoms with van der Waals surface area (Å²) in [6, 6.07) is 14.3. The molecule has 28 heavy (non-hydrogen) atoms. The summed E-state index contributed by atoms with van der Waals surface area (Å²) in [6.07, 6.45) is 1.53. The second-order valence-corrected chi connectivity index (χ2v) is 6.64. The molecule has 1 aliphatic heterocycles. The number of para-hydroxylation sites is 1. The molecule has 0 unspecified atom stereocenters. The quantitative estimate of drug-likeness (QED) is 0.827. The number of carbonyl (C=O) groups excluding carboxylic acids is 2. The number of carbonyl (C=O) groups is 2. The highest BCUT2D eigenvalue weighted by molar-refractivity contribution is 5.94. The molecule has 7 heteroatoms. The Kier molecular flexibility index (Phi) is 6.37. The van der Waals surface area contributed by atoms with E-state index in [1.807, 2.05) is 30.3 Å². The summed E-state index contributed by atoms with van der Waals surface area (Å²) < 4.78 is 10.5. The molecule has 0 saturated carbocycles. The van der Waals surface area contributed by atoms with E-state index in [9.17, 15) is 9.59 Å². The highest BCUT2D eigenvalue weighted by Gasteiger charge is 2.28. The molecule has 1 fully saturated rings. The van der Waals surface area contributed by atoms with Crippen LogP contribution in [0.25, 0.3) is 0 Å². The number of hydrogen-bond donors (Lipinski definition) is 2. The third-order valence-corrected chi connectivity index (χ3v) is 4.76. The van der Waals surface area contributed by atoms with E-state index in [4.69, 9.17) is 9.47 Å². The molecule has 2 N–H and O–H groups in total. The lowest BCUT2D eigenvalue weighted by Crippen LogP contribution is -2.45. The molecule has 0 spiro atoms. The second kappa shape index (κ2) is 9.12. The zero-order chi connectivity index (χ0) is 19.9. The van der Waals surface area contributed by atoms with Gasteiger partial charge in [0.2, 0.25) is 5.91 Å². The monoisotopic (exact) mass is 383 g/mol. The lowest BCUT2D eigenvalue weighted by Gasteiger charge is -2.32. The number of nitrogens with one attached hydrogen (secondary N) is 2. The van der Waals surface area contributed by atoms with Gasteiger partial charge in [-0.3, -0.25) is 4.79 Å². The Bertz CT molecular complexity index is 826. The molecule has 3 rings (SSSR count). The summed E-state index contributed by atoms with van der Waals surface area (Å²) in [5.74, 6) is 0.780. The largest absolute Gasteiger partial charge is 0.493 e. The van der Waals surface area contributed by atoms with Gasteiger partial charge >= 0.3 is 6.03 Å². The average Bonchev–Trinajstić information content (AvgIpc) is 2.74. The van der Waals surface area contributed by atoms with Crippen molar-refractivity contribution >= 4 is 23.3 Å². The fourth-order valence-electron chi connectivity index (χ4n) is 3.26. The van der Waals surface area contributed by atoms with E-state index in [1.165, 1.54) is 0 Å². The number of urea groups is 1. The molecule has 0 radical (unpaired) electrons. The van der Waals surface area contributed by atoms with Crippen LogP contribution in [0.15, 0.2) is 48.5 Å². The second-order valence-electron chi connectivity index (χ2n) is 6.64. The van der Waals surface area contributed by atoms with E-state index in [1.54, 1.807) is 37.3 Å². The van der Waals surface area contributed by atoms with Gasteiger partial charge in [-0.1, -0.05) is 18.2 Å². The zero-order valence-corrected chi connectivity index (χ0v) is 16.1. The SMILES string of the molecule is COc1ccc(NC(=O)[C@@H]2CCCN(C(=O)Nc3ccccc3)C2)cc1OC. The van der Waals surface area contributed by atoms with Gasteiger partial charge in [0.15, 0.2) is 11.5 Å². The first kappa shape index (κ1) is 19.5. The van der Waals surface area contributed by atoms with Gasteiger partial charge in [-0.25, -0.2) is 4.79 Å². The topological polar surface area (TPSA) is 79.9 Å². The normalized spacial score (nSPS) is 16.2. The number of ether oxygens (including phenoxy) is 2. The van der Waals surface area contributed by atoms with Gasteiger partial charge < -0.3 is 25.0 Å². The maximum atomic E-state index is 12.7. The van der Waals surface area contributed by atoms with Crippen LogP contribution in [0.2, 0.25) is 0 Å². The van der Waals surface area contributed by atoms with Gasteiger partial charge in [0, 0.05) is 30.5 Å². The highest BCUT2D eigenvalue weighted by atomic mass is 16.5. The minimum atomic E-state index is -0.261. The molecular weight excluding hydrogens is 358 g/mol. The maximum absolute atomic E-state index is 12.7. The predicted molar refractivity (Wildman–Crippen MR) is 108 cm³/mol. The van der Waals surface area contributed by atoms with Gasteiger partial charge in [0.1, 0.15) is 0 Å². The Morgan fingerprint density at radius 3 is 2.43 bits per heavy atom. The van der Waals surface area contributed by atoms with Crippen LogP contribution in [0.3, 0.4) is 0 Å². The molecule has 0 aromatic heterocycles.